The van der Waals surface area contributed by atoms with Gasteiger partial charge in [-0.25, -0.2) is 0 Å². The van der Waals surface area contributed by atoms with E-state index in [2.05, 4.69) is 10.6 Å². The topological polar surface area (TPSA) is 84.2 Å². The summed E-state index contributed by atoms with van der Waals surface area (Å²) in [4.78, 5) is 24.5. The molecule has 4 N–H and O–H groups in total. The molecule has 5 nitrogen and oxygen atoms in total. The highest BCUT2D eigenvalue weighted by molar-refractivity contribution is 6.31. The number of halogens is 2. The van der Waals surface area contributed by atoms with E-state index in [1.165, 1.54) is 0 Å². The van der Waals surface area contributed by atoms with Crippen molar-refractivity contribution in [3.8, 4) is 0 Å². The van der Waals surface area contributed by atoms with Crippen LogP contribution in [0, 0.1) is 5.92 Å². The molecular formula is C17H25Cl2N3O2. The Morgan fingerprint density at radius 2 is 2.08 bits per heavy atom. The van der Waals surface area contributed by atoms with Gasteiger partial charge in [0.1, 0.15) is 0 Å². The molecule has 0 radical (unpaired) electrons. The van der Waals surface area contributed by atoms with Gasteiger partial charge in [0.25, 0.3) is 5.91 Å². The number of carbonyl (C=O) groups excluding carboxylic acids is 2. The van der Waals surface area contributed by atoms with Crippen LogP contribution in [0.25, 0.3) is 0 Å². The van der Waals surface area contributed by atoms with Gasteiger partial charge in [0, 0.05) is 24.0 Å². The maximum Gasteiger partial charge on any atom is 0.253 e. The molecule has 7 heteroatoms. The largest absolute Gasteiger partial charge is 0.352 e. The normalized spacial score (nSPS) is 19.5. The fraction of sp³-hybridized carbons (Fsp3) is 0.529. The zero-order valence-corrected chi connectivity index (χ0v) is 15.4. The van der Waals surface area contributed by atoms with E-state index in [0.717, 1.165) is 25.7 Å². The van der Waals surface area contributed by atoms with E-state index >= 15 is 0 Å². The van der Waals surface area contributed by atoms with Crippen LogP contribution in [-0.2, 0) is 4.79 Å². The Hall–Kier alpha value is -1.30. The number of nitrogens with two attached hydrogens (primary N) is 1. The zero-order chi connectivity index (χ0) is 16.8. The number of hydrogen-bond donors (Lipinski definition) is 3. The van der Waals surface area contributed by atoms with Crippen LogP contribution in [0.4, 0.5) is 5.69 Å². The van der Waals surface area contributed by atoms with Gasteiger partial charge < -0.3 is 16.4 Å². The molecule has 0 unspecified atom stereocenters. The quantitative estimate of drug-likeness (QED) is 0.714. The minimum absolute atomic E-state index is 0. The summed E-state index contributed by atoms with van der Waals surface area (Å²) in [5, 5.41) is 6.10. The van der Waals surface area contributed by atoms with E-state index in [9.17, 15) is 9.59 Å². The summed E-state index contributed by atoms with van der Waals surface area (Å²) >= 11 is 6.00. The van der Waals surface area contributed by atoms with E-state index < -0.39 is 0 Å². The van der Waals surface area contributed by atoms with Crippen LogP contribution < -0.4 is 16.4 Å². The number of hydrogen-bond acceptors (Lipinski definition) is 3. The van der Waals surface area contributed by atoms with E-state index in [1.807, 2.05) is 6.92 Å². The smallest absolute Gasteiger partial charge is 0.253 e. The van der Waals surface area contributed by atoms with Gasteiger partial charge in [-0.2, -0.15) is 0 Å². The first-order valence-electron chi connectivity index (χ1n) is 8.14. The molecular weight excluding hydrogens is 349 g/mol. The molecule has 1 aromatic carbocycles. The number of amides is 2. The van der Waals surface area contributed by atoms with Gasteiger partial charge in [0.05, 0.1) is 11.3 Å². The van der Waals surface area contributed by atoms with Gasteiger partial charge >= 0.3 is 0 Å². The van der Waals surface area contributed by atoms with E-state index in [1.54, 1.807) is 18.2 Å². The fourth-order valence-electron chi connectivity index (χ4n) is 2.91. The maximum absolute atomic E-state index is 12.3. The molecule has 0 aromatic heterocycles. The Kier molecular flexibility index (Phi) is 8.53. The van der Waals surface area contributed by atoms with Gasteiger partial charge in [-0.15, -0.1) is 12.4 Å². The molecule has 0 aliphatic heterocycles. The van der Waals surface area contributed by atoms with Gasteiger partial charge in [-0.3, -0.25) is 9.59 Å². The summed E-state index contributed by atoms with van der Waals surface area (Å²) < 4.78 is 0. The van der Waals surface area contributed by atoms with Gasteiger partial charge in [-0.05, 0) is 43.4 Å². The van der Waals surface area contributed by atoms with Crippen LogP contribution in [0.2, 0.25) is 5.02 Å². The average molecular weight is 374 g/mol. The summed E-state index contributed by atoms with van der Waals surface area (Å²) in [5.74, 6) is -0.123. The van der Waals surface area contributed by atoms with Crippen LogP contribution in [0.1, 0.15) is 49.4 Å². The summed E-state index contributed by atoms with van der Waals surface area (Å²) in [6.07, 6.45) is 4.25. The van der Waals surface area contributed by atoms with Crippen molar-refractivity contribution in [2.24, 2.45) is 11.7 Å². The molecule has 24 heavy (non-hydrogen) atoms. The van der Waals surface area contributed by atoms with Crippen LogP contribution in [0.5, 0.6) is 0 Å². The van der Waals surface area contributed by atoms with Crippen molar-refractivity contribution in [3.05, 3.63) is 28.8 Å². The predicted octanol–water partition coefficient (Wildman–Crippen LogP) is 3.36. The molecule has 134 valence electrons. The minimum atomic E-state index is -0.212. The number of nitrogens with one attached hydrogen (secondary N) is 2. The Morgan fingerprint density at radius 1 is 1.33 bits per heavy atom. The van der Waals surface area contributed by atoms with Crippen molar-refractivity contribution in [1.29, 1.82) is 0 Å². The SMILES string of the molecule is CCCNC(=O)c1ccc(Cl)cc1NC(=O)C[C@@H]1CCC[C@H]1N.Cl. The summed E-state index contributed by atoms with van der Waals surface area (Å²) in [6.45, 7) is 2.57. The predicted molar refractivity (Wildman–Crippen MR) is 99.9 cm³/mol. The first-order chi connectivity index (χ1) is 11.0. The molecule has 0 spiro atoms. The highest BCUT2D eigenvalue weighted by Gasteiger charge is 2.26. The van der Waals surface area contributed by atoms with Crippen molar-refractivity contribution in [3.63, 3.8) is 0 Å². The third kappa shape index (κ3) is 5.65. The first kappa shape index (κ1) is 20.7. The van der Waals surface area contributed by atoms with Crippen molar-refractivity contribution < 1.29 is 9.59 Å². The van der Waals surface area contributed by atoms with E-state index in [-0.39, 0.29) is 36.2 Å². The highest BCUT2D eigenvalue weighted by Crippen LogP contribution is 2.28. The molecule has 0 heterocycles. The van der Waals surface area contributed by atoms with Crippen molar-refractivity contribution in [2.75, 3.05) is 11.9 Å². The van der Waals surface area contributed by atoms with Crippen molar-refractivity contribution in [2.45, 2.75) is 45.1 Å². The summed E-state index contributed by atoms with van der Waals surface area (Å²) in [5.41, 5.74) is 6.88. The summed E-state index contributed by atoms with van der Waals surface area (Å²) in [6, 6.07) is 4.97. The van der Waals surface area contributed by atoms with Crippen molar-refractivity contribution in [1.82, 2.24) is 5.32 Å². The third-order valence-corrected chi connectivity index (χ3v) is 4.44. The van der Waals surface area contributed by atoms with Crippen LogP contribution in [0.15, 0.2) is 18.2 Å². The van der Waals surface area contributed by atoms with Gasteiger partial charge in [0.15, 0.2) is 0 Å². The Bertz CT molecular complexity index is 581. The Morgan fingerprint density at radius 3 is 2.71 bits per heavy atom. The molecule has 2 atom stereocenters. The Balaban J connectivity index is 0.00000288. The van der Waals surface area contributed by atoms with Crippen LogP contribution >= 0.6 is 24.0 Å². The second-order valence-corrected chi connectivity index (χ2v) is 6.49. The molecule has 1 aromatic rings. The number of benzene rings is 1. The molecule has 2 amide bonds. The number of anilines is 1. The second kappa shape index (κ2) is 9.87. The second-order valence-electron chi connectivity index (χ2n) is 6.05. The zero-order valence-electron chi connectivity index (χ0n) is 13.8. The molecule has 0 saturated heterocycles. The van der Waals surface area contributed by atoms with Crippen LogP contribution in [0.3, 0.4) is 0 Å². The van der Waals surface area contributed by atoms with Crippen molar-refractivity contribution >= 4 is 41.5 Å². The average Bonchev–Trinajstić information content (AvgIpc) is 2.90. The number of carbonyl (C=O) groups is 2. The highest BCUT2D eigenvalue weighted by atomic mass is 35.5. The molecule has 2 rings (SSSR count). The lowest BCUT2D eigenvalue weighted by atomic mass is 9.99. The lowest BCUT2D eigenvalue weighted by Gasteiger charge is -2.16. The molecule has 1 aliphatic carbocycles. The van der Waals surface area contributed by atoms with Gasteiger partial charge in [-0.1, -0.05) is 24.9 Å². The Labute approximate surface area is 154 Å². The maximum atomic E-state index is 12.3. The molecule has 1 fully saturated rings. The minimum Gasteiger partial charge on any atom is -0.352 e. The monoisotopic (exact) mass is 373 g/mol. The molecule has 1 aliphatic rings. The molecule has 1 saturated carbocycles. The van der Waals surface area contributed by atoms with E-state index in [0.29, 0.717) is 29.2 Å². The lowest BCUT2D eigenvalue weighted by molar-refractivity contribution is -0.117. The fourth-order valence-corrected chi connectivity index (χ4v) is 3.08. The lowest BCUT2D eigenvalue weighted by Crippen LogP contribution is -2.29. The standard InChI is InChI=1S/C17H24ClN3O2.ClH/c1-2-8-20-17(23)13-7-6-12(18)10-15(13)21-16(22)9-11-4-3-5-14(11)19;/h6-7,10-11,14H,2-5,8-9,19H2,1H3,(H,20,23)(H,21,22);1H/t11-,14+;/m0./s1. The van der Waals surface area contributed by atoms with Crippen LogP contribution in [-0.4, -0.2) is 24.4 Å². The van der Waals surface area contributed by atoms with E-state index in [4.69, 9.17) is 17.3 Å². The number of rotatable bonds is 6. The molecule has 0 bridgehead atoms. The summed E-state index contributed by atoms with van der Waals surface area (Å²) in [7, 11) is 0. The third-order valence-electron chi connectivity index (χ3n) is 4.20. The van der Waals surface area contributed by atoms with Gasteiger partial charge in [0.2, 0.25) is 5.91 Å². The first-order valence-corrected chi connectivity index (χ1v) is 8.52.